The van der Waals surface area contributed by atoms with E-state index in [1.807, 2.05) is 50.9 Å². The molecule has 29 heavy (non-hydrogen) atoms. The Hall–Kier alpha value is -2.83. The Bertz CT molecular complexity index is 944. The molecule has 0 unspecified atom stereocenters. The van der Waals surface area contributed by atoms with Gasteiger partial charge in [0.1, 0.15) is 11.6 Å². The number of aryl methyl sites for hydroxylation is 1. The molecule has 2 aliphatic heterocycles. The minimum atomic E-state index is -0.579. The van der Waals surface area contributed by atoms with Crippen molar-refractivity contribution < 1.29 is 14.3 Å². The number of hydrogen-bond donors (Lipinski definition) is 1. The number of carbonyl (C=O) groups excluding carboxylic acids is 2. The monoisotopic (exact) mass is 396 g/mol. The maximum atomic E-state index is 13.4. The van der Waals surface area contributed by atoms with Crippen LogP contribution in [0.3, 0.4) is 0 Å². The zero-order chi connectivity index (χ0) is 20.8. The van der Waals surface area contributed by atoms with E-state index in [0.29, 0.717) is 19.5 Å². The third kappa shape index (κ3) is 3.61. The number of likely N-dealkylation sites (tertiary alicyclic amines) is 1. The van der Waals surface area contributed by atoms with Gasteiger partial charge in [-0.2, -0.15) is 5.10 Å². The Kier molecular flexibility index (Phi) is 4.84. The van der Waals surface area contributed by atoms with E-state index >= 15 is 0 Å². The van der Waals surface area contributed by atoms with Gasteiger partial charge in [0, 0.05) is 30.0 Å². The molecule has 2 amide bonds. The molecule has 1 atom stereocenters. The molecule has 0 spiro atoms. The number of nitrogens with one attached hydrogen (secondary N) is 1. The number of rotatable bonds is 2. The second-order valence-electron chi connectivity index (χ2n) is 8.78. The summed E-state index contributed by atoms with van der Waals surface area (Å²) in [6.07, 6.45) is 3.70. The summed E-state index contributed by atoms with van der Waals surface area (Å²) in [6.45, 7) is 8.70. The first-order valence-corrected chi connectivity index (χ1v) is 10.2. The molecule has 0 saturated carbocycles. The predicted octanol–water partition coefficient (Wildman–Crippen LogP) is 3.67. The lowest BCUT2D eigenvalue weighted by Crippen LogP contribution is -2.48. The number of anilines is 1. The third-order valence-corrected chi connectivity index (χ3v) is 5.58. The molecule has 154 valence electrons. The lowest BCUT2D eigenvalue weighted by Gasteiger charge is -2.30. The van der Waals surface area contributed by atoms with Gasteiger partial charge in [0.25, 0.3) is 0 Å². The smallest absolute Gasteiger partial charge is 0.410 e. The van der Waals surface area contributed by atoms with Crippen LogP contribution in [0.25, 0.3) is 11.1 Å². The molecule has 0 bridgehead atoms. The summed E-state index contributed by atoms with van der Waals surface area (Å²) in [5, 5.41) is 7.12. The summed E-state index contributed by atoms with van der Waals surface area (Å²) in [4.78, 5) is 29.4. The molecular formula is C22H28N4O3. The lowest BCUT2D eigenvalue weighted by molar-refractivity contribution is -0.122. The number of benzene rings is 1. The maximum absolute atomic E-state index is 13.4. The molecule has 1 fully saturated rings. The van der Waals surface area contributed by atoms with Gasteiger partial charge < -0.3 is 9.64 Å². The zero-order valence-corrected chi connectivity index (χ0v) is 17.5. The van der Waals surface area contributed by atoms with Gasteiger partial charge in [-0.15, -0.1) is 0 Å². The van der Waals surface area contributed by atoms with E-state index in [-0.39, 0.29) is 5.91 Å². The summed E-state index contributed by atoms with van der Waals surface area (Å²) < 4.78 is 5.52. The van der Waals surface area contributed by atoms with Crippen molar-refractivity contribution in [3.8, 4) is 11.1 Å². The van der Waals surface area contributed by atoms with Crippen LogP contribution in [-0.4, -0.2) is 51.8 Å². The zero-order valence-electron chi connectivity index (χ0n) is 17.5. The van der Waals surface area contributed by atoms with Crippen molar-refractivity contribution >= 4 is 17.7 Å². The molecule has 1 aromatic heterocycles. The van der Waals surface area contributed by atoms with Crippen LogP contribution < -0.4 is 4.90 Å². The van der Waals surface area contributed by atoms with Crippen molar-refractivity contribution in [1.82, 2.24) is 15.1 Å². The van der Waals surface area contributed by atoms with E-state index in [0.717, 1.165) is 40.9 Å². The molecule has 3 heterocycles. The topological polar surface area (TPSA) is 78.5 Å². The number of nitrogens with zero attached hydrogens (tertiary/aromatic N) is 3. The summed E-state index contributed by atoms with van der Waals surface area (Å²) >= 11 is 0. The van der Waals surface area contributed by atoms with Gasteiger partial charge >= 0.3 is 6.09 Å². The minimum Gasteiger partial charge on any atom is -0.444 e. The molecule has 2 aromatic rings. The van der Waals surface area contributed by atoms with E-state index in [1.165, 1.54) is 0 Å². The molecule has 1 N–H and O–H groups in total. The van der Waals surface area contributed by atoms with E-state index in [2.05, 4.69) is 16.3 Å². The SMILES string of the molecule is Cc1[nH]ncc1-c1cccc2c1CCN2C(=O)[C@@H]1CCCN1C(=O)OC(C)(C)C. The largest absolute Gasteiger partial charge is 0.444 e. The summed E-state index contributed by atoms with van der Waals surface area (Å²) in [6, 6.07) is 5.58. The highest BCUT2D eigenvalue weighted by molar-refractivity contribution is 6.01. The minimum absolute atomic E-state index is 0.0202. The molecule has 1 saturated heterocycles. The molecule has 0 radical (unpaired) electrons. The normalized spacial score (nSPS) is 18.8. The van der Waals surface area contributed by atoms with Crippen LogP contribution >= 0.6 is 0 Å². The average molecular weight is 396 g/mol. The highest BCUT2D eigenvalue weighted by Gasteiger charge is 2.40. The van der Waals surface area contributed by atoms with Crippen molar-refractivity contribution in [2.24, 2.45) is 0 Å². The van der Waals surface area contributed by atoms with Gasteiger partial charge in [-0.05, 0) is 64.2 Å². The lowest BCUT2D eigenvalue weighted by atomic mass is 9.98. The Morgan fingerprint density at radius 1 is 1.21 bits per heavy atom. The fourth-order valence-corrected chi connectivity index (χ4v) is 4.28. The standard InChI is InChI=1S/C22H28N4O3/c1-14-17(13-23-24-14)15-7-5-8-18-16(15)10-12-25(18)20(27)19-9-6-11-26(19)21(28)29-22(2,3)4/h5,7-8,13,19H,6,9-12H2,1-4H3,(H,23,24)/t19-/m0/s1. The van der Waals surface area contributed by atoms with Gasteiger partial charge in [-0.25, -0.2) is 4.79 Å². The van der Waals surface area contributed by atoms with Gasteiger partial charge in [0.05, 0.1) is 6.20 Å². The van der Waals surface area contributed by atoms with Crippen LogP contribution in [0.2, 0.25) is 0 Å². The van der Waals surface area contributed by atoms with Crippen LogP contribution in [0.15, 0.2) is 24.4 Å². The number of carbonyl (C=O) groups is 2. The molecule has 1 aromatic carbocycles. The average Bonchev–Trinajstić information content (AvgIpc) is 3.38. The molecule has 4 rings (SSSR count). The maximum Gasteiger partial charge on any atom is 0.410 e. The highest BCUT2D eigenvalue weighted by atomic mass is 16.6. The Morgan fingerprint density at radius 3 is 2.69 bits per heavy atom. The Balaban J connectivity index is 1.59. The first-order valence-electron chi connectivity index (χ1n) is 10.2. The van der Waals surface area contributed by atoms with Crippen molar-refractivity contribution in [2.75, 3.05) is 18.0 Å². The second-order valence-corrected chi connectivity index (χ2v) is 8.78. The van der Waals surface area contributed by atoms with Gasteiger partial charge in [0.2, 0.25) is 5.91 Å². The van der Waals surface area contributed by atoms with E-state index < -0.39 is 17.7 Å². The van der Waals surface area contributed by atoms with Crippen molar-refractivity contribution in [3.63, 3.8) is 0 Å². The Labute approximate surface area is 171 Å². The summed E-state index contributed by atoms with van der Waals surface area (Å²) in [7, 11) is 0. The van der Waals surface area contributed by atoms with Crippen molar-refractivity contribution in [1.29, 1.82) is 0 Å². The number of H-pyrrole nitrogens is 1. The van der Waals surface area contributed by atoms with Crippen molar-refractivity contribution in [2.45, 2.75) is 58.6 Å². The van der Waals surface area contributed by atoms with E-state index in [9.17, 15) is 9.59 Å². The number of fused-ring (bicyclic) bond motifs is 1. The number of amides is 2. The van der Waals surface area contributed by atoms with E-state index in [4.69, 9.17) is 4.74 Å². The molecule has 7 heteroatoms. The second kappa shape index (κ2) is 7.21. The predicted molar refractivity (Wildman–Crippen MR) is 111 cm³/mol. The number of aromatic nitrogens is 2. The number of aromatic amines is 1. The summed E-state index contributed by atoms with van der Waals surface area (Å²) in [5.41, 5.74) is 4.70. The molecule has 2 aliphatic rings. The fourth-order valence-electron chi connectivity index (χ4n) is 4.28. The number of ether oxygens (including phenoxy) is 1. The highest BCUT2D eigenvalue weighted by Crippen LogP contribution is 2.38. The van der Waals surface area contributed by atoms with Crippen molar-refractivity contribution in [3.05, 3.63) is 35.7 Å². The van der Waals surface area contributed by atoms with Gasteiger partial charge in [-0.3, -0.25) is 14.8 Å². The van der Waals surface area contributed by atoms with E-state index in [1.54, 1.807) is 4.90 Å². The van der Waals surface area contributed by atoms with Gasteiger partial charge in [0.15, 0.2) is 0 Å². The van der Waals surface area contributed by atoms with Crippen LogP contribution in [0.1, 0.15) is 44.9 Å². The first kappa shape index (κ1) is 19.5. The van der Waals surface area contributed by atoms with Gasteiger partial charge in [-0.1, -0.05) is 12.1 Å². The quantitative estimate of drug-likeness (QED) is 0.840. The van der Waals surface area contributed by atoms with Crippen LogP contribution in [-0.2, 0) is 16.0 Å². The first-order chi connectivity index (χ1) is 13.8. The van der Waals surface area contributed by atoms with Crippen LogP contribution in [0, 0.1) is 6.92 Å². The van der Waals surface area contributed by atoms with Crippen LogP contribution in [0.4, 0.5) is 10.5 Å². The summed E-state index contributed by atoms with van der Waals surface area (Å²) in [5.74, 6) is -0.0202. The Morgan fingerprint density at radius 2 is 2.00 bits per heavy atom. The molecule has 0 aliphatic carbocycles. The van der Waals surface area contributed by atoms with Crippen LogP contribution in [0.5, 0.6) is 0 Å². The molecule has 7 nitrogen and oxygen atoms in total. The fraction of sp³-hybridized carbons (Fsp3) is 0.500. The third-order valence-electron chi connectivity index (χ3n) is 5.58. The molecular weight excluding hydrogens is 368 g/mol. The number of hydrogen-bond acceptors (Lipinski definition) is 4.